The van der Waals surface area contributed by atoms with Crippen LogP contribution in [0.5, 0.6) is 0 Å². The summed E-state index contributed by atoms with van der Waals surface area (Å²) in [5.41, 5.74) is 4.85. The molecule has 0 saturated carbocycles. The maximum Gasteiger partial charge on any atom is 0.413 e. The van der Waals surface area contributed by atoms with Crippen molar-refractivity contribution in [3.63, 3.8) is 0 Å². The topological polar surface area (TPSA) is 96.7 Å². The number of carbonyl (C=O) groups is 1. The van der Waals surface area contributed by atoms with Gasteiger partial charge in [0, 0.05) is 25.8 Å². The van der Waals surface area contributed by atoms with Gasteiger partial charge in [-0.15, -0.1) is 0 Å². The van der Waals surface area contributed by atoms with Crippen LogP contribution in [0.25, 0.3) is 22.4 Å². The summed E-state index contributed by atoms with van der Waals surface area (Å²) in [4.78, 5) is 21.9. The van der Waals surface area contributed by atoms with Gasteiger partial charge >= 0.3 is 6.09 Å². The maximum absolute atomic E-state index is 12.4. The number of amides is 1. The van der Waals surface area contributed by atoms with Crippen molar-refractivity contribution in [2.45, 2.75) is 84.8 Å². The molecule has 10 heteroatoms. The van der Waals surface area contributed by atoms with Crippen LogP contribution in [0.2, 0.25) is 25.7 Å². The van der Waals surface area contributed by atoms with Crippen LogP contribution < -0.4 is 5.32 Å². The van der Waals surface area contributed by atoms with E-state index in [4.69, 9.17) is 28.9 Å². The first-order valence-electron chi connectivity index (χ1n) is 13.6. The molecule has 3 heterocycles. The molecular formula is C29H42N4O5Si. The fraction of sp³-hybridized carbons (Fsp3) is 0.552. The molecule has 1 fully saturated rings. The monoisotopic (exact) mass is 554 g/mol. The van der Waals surface area contributed by atoms with Crippen molar-refractivity contribution in [3.8, 4) is 11.3 Å². The maximum atomic E-state index is 12.4. The van der Waals surface area contributed by atoms with Gasteiger partial charge in [0.2, 0.25) is 0 Å². The summed E-state index contributed by atoms with van der Waals surface area (Å²) >= 11 is 0. The number of aromatic nitrogens is 3. The molecule has 3 aromatic rings. The molecule has 212 valence electrons. The molecule has 0 radical (unpaired) electrons. The molecule has 1 N–H and O–H groups in total. The van der Waals surface area contributed by atoms with Crippen LogP contribution in [0, 0.1) is 0 Å². The molecule has 1 amide bonds. The Bertz CT molecular complexity index is 1300. The molecule has 1 aliphatic rings. The largest absolute Gasteiger partial charge is 0.444 e. The van der Waals surface area contributed by atoms with Crippen molar-refractivity contribution in [1.29, 1.82) is 0 Å². The van der Waals surface area contributed by atoms with Gasteiger partial charge in [-0.05, 0) is 45.7 Å². The Balaban J connectivity index is 1.73. The number of carbonyl (C=O) groups excluding carboxylic acids is 1. The Labute approximate surface area is 232 Å². The predicted molar refractivity (Wildman–Crippen MR) is 156 cm³/mol. The highest BCUT2D eigenvalue weighted by molar-refractivity contribution is 6.76. The lowest BCUT2D eigenvalue weighted by Gasteiger charge is -2.23. The summed E-state index contributed by atoms with van der Waals surface area (Å²) in [7, 11) is -1.23. The van der Waals surface area contributed by atoms with Gasteiger partial charge in [0.15, 0.2) is 17.3 Å². The van der Waals surface area contributed by atoms with Crippen molar-refractivity contribution in [3.05, 3.63) is 41.6 Å². The van der Waals surface area contributed by atoms with Gasteiger partial charge in [-0.1, -0.05) is 50.8 Å². The summed E-state index contributed by atoms with van der Waals surface area (Å²) in [5.74, 6) is -0.391. The standard InChI is InChI=1S/C29H42N4O5Si/c1-9-22-24-26(30-18-23(31-24)32-27(34)38-28(2,3)4)33(19-35-16-17-39(6,7)8)25(22)20-10-12-21(13-11-20)29(5)36-14-15-37-29/h10-13,18H,9,14-17,19H2,1-8H3,(H,31,32,34). The quantitative estimate of drug-likeness (QED) is 0.237. The number of nitrogens with zero attached hydrogens (tertiary/aromatic N) is 3. The lowest BCUT2D eigenvalue weighted by atomic mass is 10.0. The van der Waals surface area contributed by atoms with Gasteiger partial charge < -0.3 is 18.9 Å². The van der Waals surface area contributed by atoms with Crippen molar-refractivity contribution in [2.24, 2.45) is 0 Å². The molecule has 1 saturated heterocycles. The second-order valence-electron chi connectivity index (χ2n) is 12.2. The van der Waals surface area contributed by atoms with Gasteiger partial charge in [0.25, 0.3) is 0 Å². The predicted octanol–water partition coefficient (Wildman–Crippen LogP) is 6.54. The number of hydrogen-bond donors (Lipinski definition) is 1. The van der Waals surface area contributed by atoms with Crippen LogP contribution in [-0.4, -0.2) is 54.1 Å². The van der Waals surface area contributed by atoms with E-state index in [9.17, 15) is 4.79 Å². The number of rotatable bonds is 9. The van der Waals surface area contributed by atoms with Crippen LogP contribution in [0.15, 0.2) is 30.5 Å². The van der Waals surface area contributed by atoms with E-state index in [1.54, 1.807) is 6.20 Å². The normalized spacial score (nSPS) is 15.6. The Morgan fingerprint density at radius 3 is 2.41 bits per heavy atom. The van der Waals surface area contributed by atoms with E-state index in [0.717, 1.165) is 40.4 Å². The Morgan fingerprint density at radius 1 is 1.15 bits per heavy atom. The van der Waals surface area contributed by atoms with Crippen molar-refractivity contribution in [2.75, 3.05) is 25.1 Å². The molecule has 0 atom stereocenters. The number of ether oxygens (including phenoxy) is 4. The third kappa shape index (κ3) is 7.05. The number of anilines is 1. The number of aryl methyl sites for hydroxylation is 1. The summed E-state index contributed by atoms with van der Waals surface area (Å²) in [6.45, 7) is 18.7. The average Bonchev–Trinajstić information content (AvgIpc) is 3.42. The molecule has 4 rings (SSSR count). The molecule has 0 bridgehead atoms. The molecule has 0 unspecified atom stereocenters. The zero-order chi connectivity index (χ0) is 28.4. The van der Waals surface area contributed by atoms with Gasteiger partial charge in [-0.2, -0.15) is 0 Å². The molecule has 0 aliphatic carbocycles. The minimum atomic E-state index is -1.23. The van der Waals surface area contributed by atoms with Gasteiger partial charge in [0.1, 0.15) is 17.8 Å². The smallest absolute Gasteiger partial charge is 0.413 e. The number of fused-ring (bicyclic) bond motifs is 1. The second kappa shape index (κ2) is 11.4. The zero-order valence-corrected chi connectivity index (χ0v) is 25.5. The minimum absolute atomic E-state index is 0.341. The average molecular weight is 555 g/mol. The first-order chi connectivity index (χ1) is 18.3. The van der Waals surface area contributed by atoms with Gasteiger partial charge in [-0.25, -0.2) is 14.8 Å². The number of nitrogens with one attached hydrogen (secondary N) is 1. The van der Waals surface area contributed by atoms with E-state index in [0.29, 0.717) is 38.0 Å². The number of benzene rings is 1. The van der Waals surface area contributed by atoms with E-state index < -0.39 is 25.6 Å². The fourth-order valence-corrected chi connectivity index (χ4v) is 5.33. The molecule has 9 nitrogen and oxygen atoms in total. The second-order valence-corrected chi connectivity index (χ2v) is 17.9. The summed E-state index contributed by atoms with van der Waals surface area (Å²) < 4.78 is 25.4. The highest BCUT2D eigenvalue weighted by Gasteiger charge is 2.33. The molecular weight excluding hydrogens is 512 g/mol. The number of hydrogen-bond acceptors (Lipinski definition) is 7. The SMILES string of the molecule is CCc1c(-c2ccc(C3(C)OCCO3)cc2)n(COCC[Si](C)(C)C)c2ncc(NC(=O)OC(C)(C)C)nc12. The Hall–Kier alpha value is -2.79. The fourth-order valence-electron chi connectivity index (χ4n) is 4.57. The van der Waals surface area contributed by atoms with Crippen molar-refractivity contribution < 1.29 is 23.7 Å². The van der Waals surface area contributed by atoms with Gasteiger partial charge in [-0.3, -0.25) is 9.88 Å². The zero-order valence-electron chi connectivity index (χ0n) is 24.5. The first-order valence-corrected chi connectivity index (χ1v) is 17.3. The van der Waals surface area contributed by atoms with E-state index in [-0.39, 0.29) is 0 Å². The minimum Gasteiger partial charge on any atom is -0.444 e. The highest BCUT2D eigenvalue weighted by Crippen LogP contribution is 2.36. The van der Waals surface area contributed by atoms with Crippen LogP contribution in [0.1, 0.15) is 45.7 Å². The first kappa shape index (κ1) is 29.2. The third-order valence-corrected chi connectivity index (χ3v) is 8.27. The van der Waals surface area contributed by atoms with E-state index in [1.165, 1.54) is 0 Å². The van der Waals surface area contributed by atoms with Gasteiger partial charge in [0.05, 0.1) is 25.1 Å². The van der Waals surface area contributed by atoms with E-state index in [1.807, 2.05) is 39.8 Å². The highest BCUT2D eigenvalue weighted by atomic mass is 28.3. The van der Waals surface area contributed by atoms with Crippen LogP contribution in [0.4, 0.5) is 10.6 Å². The Morgan fingerprint density at radius 2 is 1.82 bits per heavy atom. The van der Waals surface area contributed by atoms with Crippen LogP contribution in [-0.2, 0) is 37.9 Å². The van der Waals surface area contributed by atoms with E-state index >= 15 is 0 Å². The molecule has 1 aliphatic heterocycles. The van der Waals surface area contributed by atoms with E-state index in [2.05, 4.69) is 48.6 Å². The lowest BCUT2D eigenvalue weighted by molar-refractivity contribution is -0.149. The summed E-state index contributed by atoms with van der Waals surface area (Å²) in [5, 5.41) is 2.72. The Kier molecular flexibility index (Phi) is 8.51. The van der Waals surface area contributed by atoms with Crippen molar-refractivity contribution >= 4 is 31.1 Å². The lowest BCUT2D eigenvalue weighted by Crippen LogP contribution is -2.27. The third-order valence-electron chi connectivity index (χ3n) is 6.57. The molecule has 39 heavy (non-hydrogen) atoms. The van der Waals surface area contributed by atoms with Crippen LogP contribution >= 0.6 is 0 Å². The summed E-state index contributed by atoms with van der Waals surface area (Å²) in [6, 6.07) is 9.33. The molecule has 1 aromatic carbocycles. The van der Waals surface area contributed by atoms with Crippen LogP contribution in [0.3, 0.4) is 0 Å². The molecule has 2 aromatic heterocycles. The van der Waals surface area contributed by atoms with Crippen molar-refractivity contribution in [1.82, 2.24) is 14.5 Å². The molecule has 0 spiro atoms. The summed E-state index contributed by atoms with van der Waals surface area (Å²) in [6.07, 6.45) is 1.72.